The zero-order chi connectivity index (χ0) is 12.1. The van der Waals surface area contributed by atoms with Crippen molar-refractivity contribution < 1.29 is 9.53 Å². The lowest BCUT2D eigenvalue weighted by Gasteiger charge is -2.20. The first-order valence-electron chi connectivity index (χ1n) is 6.31. The Balaban J connectivity index is 1.92. The summed E-state index contributed by atoms with van der Waals surface area (Å²) in [6, 6.07) is 3.73. The van der Waals surface area contributed by atoms with Gasteiger partial charge in [0.2, 0.25) is 5.88 Å². The first-order chi connectivity index (χ1) is 8.29. The van der Waals surface area contributed by atoms with E-state index in [0.29, 0.717) is 18.1 Å². The van der Waals surface area contributed by atoms with Crippen molar-refractivity contribution in [2.24, 2.45) is 5.92 Å². The van der Waals surface area contributed by atoms with E-state index in [4.69, 9.17) is 4.74 Å². The quantitative estimate of drug-likeness (QED) is 0.802. The Morgan fingerprint density at radius 2 is 2.12 bits per heavy atom. The van der Waals surface area contributed by atoms with Gasteiger partial charge in [0.1, 0.15) is 5.78 Å². The molecule has 1 fully saturated rings. The van der Waals surface area contributed by atoms with E-state index < -0.39 is 0 Å². The van der Waals surface area contributed by atoms with Crippen LogP contribution in [0.5, 0.6) is 5.88 Å². The van der Waals surface area contributed by atoms with Gasteiger partial charge in [-0.25, -0.2) is 4.98 Å². The summed E-state index contributed by atoms with van der Waals surface area (Å²) in [6.45, 7) is 0. The molecule has 0 aliphatic heterocycles. The number of hydrogen-bond donors (Lipinski definition) is 0. The molecule has 0 bridgehead atoms. The predicted molar refractivity (Wildman–Crippen MR) is 66.1 cm³/mol. The highest BCUT2D eigenvalue weighted by Crippen LogP contribution is 2.25. The molecule has 0 amide bonds. The number of nitrogens with zero attached hydrogens (tertiary/aromatic N) is 1. The molecule has 0 radical (unpaired) electrons. The van der Waals surface area contributed by atoms with Crippen molar-refractivity contribution in [1.29, 1.82) is 0 Å². The Kier molecular flexibility index (Phi) is 4.13. The minimum absolute atomic E-state index is 0.283. The first kappa shape index (κ1) is 12.1. The third kappa shape index (κ3) is 3.29. The first-order valence-corrected chi connectivity index (χ1v) is 6.31. The van der Waals surface area contributed by atoms with E-state index in [1.54, 1.807) is 13.3 Å². The van der Waals surface area contributed by atoms with Crippen LogP contribution in [0, 0.1) is 5.92 Å². The highest BCUT2D eigenvalue weighted by atomic mass is 16.5. The number of carbonyl (C=O) groups excluding carboxylic acids is 1. The van der Waals surface area contributed by atoms with Gasteiger partial charge < -0.3 is 4.74 Å². The van der Waals surface area contributed by atoms with Crippen molar-refractivity contribution in [2.75, 3.05) is 7.11 Å². The predicted octanol–water partition coefficient (Wildman–Crippen LogP) is 2.78. The van der Waals surface area contributed by atoms with Gasteiger partial charge in [-0.2, -0.15) is 0 Å². The minimum Gasteiger partial charge on any atom is -0.481 e. The van der Waals surface area contributed by atoms with Gasteiger partial charge in [-0.15, -0.1) is 0 Å². The Morgan fingerprint density at radius 3 is 2.71 bits per heavy atom. The number of aromatic nitrogens is 1. The minimum atomic E-state index is 0.283. The lowest BCUT2D eigenvalue weighted by molar-refractivity contribution is -0.123. The van der Waals surface area contributed by atoms with Crippen LogP contribution >= 0.6 is 0 Å². The summed E-state index contributed by atoms with van der Waals surface area (Å²) < 4.78 is 4.99. The summed E-state index contributed by atoms with van der Waals surface area (Å²) in [7, 11) is 1.59. The molecule has 3 heteroatoms. The van der Waals surface area contributed by atoms with Gasteiger partial charge in [0.15, 0.2) is 0 Å². The van der Waals surface area contributed by atoms with E-state index in [-0.39, 0.29) is 5.92 Å². The molecule has 1 saturated carbocycles. The Morgan fingerprint density at radius 1 is 1.35 bits per heavy atom. The summed E-state index contributed by atoms with van der Waals surface area (Å²) in [5.74, 6) is 1.25. The van der Waals surface area contributed by atoms with Gasteiger partial charge in [-0.1, -0.05) is 25.3 Å². The van der Waals surface area contributed by atoms with E-state index in [0.717, 1.165) is 18.4 Å². The molecule has 1 aromatic heterocycles. The molecule has 0 atom stereocenters. The molecule has 1 aliphatic rings. The Hall–Kier alpha value is -1.38. The van der Waals surface area contributed by atoms with Crippen molar-refractivity contribution >= 4 is 5.78 Å². The van der Waals surface area contributed by atoms with Crippen molar-refractivity contribution in [3.63, 3.8) is 0 Å². The zero-order valence-corrected chi connectivity index (χ0v) is 10.3. The fraction of sp³-hybridized carbons (Fsp3) is 0.571. The number of hydrogen-bond acceptors (Lipinski definition) is 3. The van der Waals surface area contributed by atoms with Crippen LogP contribution < -0.4 is 4.74 Å². The van der Waals surface area contributed by atoms with E-state index in [9.17, 15) is 4.79 Å². The van der Waals surface area contributed by atoms with Crippen molar-refractivity contribution in [1.82, 2.24) is 4.98 Å². The molecule has 0 saturated heterocycles. The third-order valence-corrected chi connectivity index (χ3v) is 3.45. The standard InChI is InChI=1S/C14H19NO2/c1-17-14-8-7-11(10-15-14)9-13(16)12-5-3-2-4-6-12/h7-8,10,12H,2-6,9H2,1H3. The lowest BCUT2D eigenvalue weighted by atomic mass is 9.84. The molecular weight excluding hydrogens is 214 g/mol. The molecule has 0 unspecified atom stereocenters. The van der Waals surface area contributed by atoms with Crippen LogP contribution in [0.3, 0.4) is 0 Å². The van der Waals surface area contributed by atoms with Gasteiger partial charge in [-0.05, 0) is 18.4 Å². The number of Topliss-reactive ketones (excluding diaryl/α,β-unsaturated/α-hetero) is 1. The van der Waals surface area contributed by atoms with Crippen LogP contribution in [0.1, 0.15) is 37.7 Å². The van der Waals surface area contributed by atoms with Gasteiger partial charge >= 0.3 is 0 Å². The number of methoxy groups -OCH3 is 1. The molecule has 17 heavy (non-hydrogen) atoms. The number of carbonyl (C=O) groups is 1. The van der Waals surface area contributed by atoms with Crippen LogP contribution in [0.25, 0.3) is 0 Å². The van der Waals surface area contributed by atoms with Crippen LogP contribution in [-0.2, 0) is 11.2 Å². The zero-order valence-electron chi connectivity index (χ0n) is 10.3. The second kappa shape index (κ2) is 5.80. The van der Waals surface area contributed by atoms with Crippen LogP contribution in [0.4, 0.5) is 0 Å². The highest BCUT2D eigenvalue weighted by molar-refractivity contribution is 5.83. The summed E-state index contributed by atoms with van der Waals surface area (Å²) >= 11 is 0. The van der Waals surface area contributed by atoms with Crippen molar-refractivity contribution in [3.05, 3.63) is 23.9 Å². The molecule has 1 aliphatic carbocycles. The molecule has 0 aromatic carbocycles. The molecular formula is C14H19NO2. The topological polar surface area (TPSA) is 39.2 Å². The second-order valence-corrected chi connectivity index (χ2v) is 4.69. The van der Waals surface area contributed by atoms with E-state index in [1.165, 1.54) is 19.3 Å². The summed E-state index contributed by atoms with van der Waals surface area (Å²) in [6.07, 6.45) is 8.09. The fourth-order valence-corrected chi connectivity index (χ4v) is 2.41. The summed E-state index contributed by atoms with van der Waals surface area (Å²) in [4.78, 5) is 16.2. The molecule has 92 valence electrons. The largest absolute Gasteiger partial charge is 0.481 e. The molecule has 0 spiro atoms. The maximum absolute atomic E-state index is 12.1. The van der Waals surface area contributed by atoms with E-state index in [2.05, 4.69) is 4.98 Å². The Bertz CT molecular complexity index is 366. The van der Waals surface area contributed by atoms with E-state index in [1.807, 2.05) is 12.1 Å². The number of ether oxygens (including phenoxy) is 1. The smallest absolute Gasteiger partial charge is 0.212 e. The number of ketones is 1. The van der Waals surface area contributed by atoms with Crippen LogP contribution in [0.15, 0.2) is 18.3 Å². The highest BCUT2D eigenvalue weighted by Gasteiger charge is 2.20. The van der Waals surface area contributed by atoms with Crippen LogP contribution in [-0.4, -0.2) is 17.9 Å². The molecule has 2 rings (SSSR count). The monoisotopic (exact) mass is 233 g/mol. The number of rotatable bonds is 4. The van der Waals surface area contributed by atoms with Gasteiger partial charge in [0.25, 0.3) is 0 Å². The SMILES string of the molecule is COc1ccc(CC(=O)C2CCCCC2)cn1. The average Bonchev–Trinajstić information content (AvgIpc) is 2.40. The van der Waals surface area contributed by atoms with Gasteiger partial charge in [0.05, 0.1) is 7.11 Å². The molecule has 3 nitrogen and oxygen atoms in total. The lowest BCUT2D eigenvalue weighted by Crippen LogP contribution is -2.19. The molecule has 0 N–H and O–H groups in total. The maximum atomic E-state index is 12.1. The number of pyridine rings is 1. The second-order valence-electron chi connectivity index (χ2n) is 4.69. The van der Waals surface area contributed by atoms with Gasteiger partial charge in [-0.3, -0.25) is 4.79 Å². The summed E-state index contributed by atoms with van der Waals surface area (Å²) in [5, 5.41) is 0. The van der Waals surface area contributed by atoms with Crippen LogP contribution in [0.2, 0.25) is 0 Å². The Labute approximate surface area is 102 Å². The molecule has 1 heterocycles. The summed E-state index contributed by atoms with van der Waals surface area (Å²) in [5.41, 5.74) is 0.987. The molecule has 1 aromatic rings. The fourth-order valence-electron chi connectivity index (χ4n) is 2.41. The van der Waals surface area contributed by atoms with E-state index >= 15 is 0 Å². The van der Waals surface area contributed by atoms with Crippen molar-refractivity contribution in [3.8, 4) is 5.88 Å². The average molecular weight is 233 g/mol. The van der Waals surface area contributed by atoms with Gasteiger partial charge in [0, 0.05) is 24.6 Å². The van der Waals surface area contributed by atoms with Crippen molar-refractivity contribution in [2.45, 2.75) is 38.5 Å². The normalized spacial score (nSPS) is 16.8. The third-order valence-electron chi connectivity index (χ3n) is 3.45. The maximum Gasteiger partial charge on any atom is 0.212 e.